The van der Waals surface area contributed by atoms with E-state index in [1.54, 1.807) is 0 Å². The predicted molar refractivity (Wildman–Crippen MR) is 164 cm³/mol. The SMILES string of the molecule is C=CCC(C)(N)C(=O)O.C=CCc1ccc(CC(C)(N)C(=O)O)cc1.C=CCc1cccc(CC(C)(N)C(=O)O)c1. The minimum atomic E-state index is -1.22. The average Bonchev–Trinajstić information content (AvgIpc) is 2.86. The van der Waals surface area contributed by atoms with Crippen LogP contribution in [-0.4, -0.2) is 49.8 Å². The van der Waals surface area contributed by atoms with Crippen LogP contribution in [0.3, 0.4) is 0 Å². The van der Waals surface area contributed by atoms with Gasteiger partial charge in [0.25, 0.3) is 0 Å². The maximum atomic E-state index is 10.9. The molecule has 0 aliphatic rings. The van der Waals surface area contributed by atoms with Crippen molar-refractivity contribution in [1.82, 2.24) is 0 Å². The zero-order valence-corrected chi connectivity index (χ0v) is 24.3. The second kappa shape index (κ2) is 16.9. The molecule has 2 rings (SSSR count). The molecule has 0 fully saturated rings. The second-order valence-corrected chi connectivity index (χ2v) is 10.6. The Morgan fingerprint density at radius 3 is 1.41 bits per heavy atom. The topological polar surface area (TPSA) is 190 Å². The molecule has 0 heterocycles. The van der Waals surface area contributed by atoms with Gasteiger partial charge in [-0.1, -0.05) is 66.8 Å². The highest BCUT2D eigenvalue weighted by Gasteiger charge is 2.29. The molecule has 9 heteroatoms. The van der Waals surface area contributed by atoms with Gasteiger partial charge in [-0.15, -0.1) is 19.7 Å². The van der Waals surface area contributed by atoms with Crippen LogP contribution < -0.4 is 17.2 Å². The average molecular weight is 568 g/mol. The minimum absolute atomic E-state index is 0.294. The maximum absolute atomic E-state index is 10.9. The minimum Gasteiger partial charge on any atom is -0.480 e. The Kier molecular flexibility index (Phi) is 15.2. The highest BCUT2D eigenvalue weighted by Crippen LogP contribution is 2.14. The first-order valence-electron chi connectivity index (χ1n) is 13.0. The number of hydrogen-bond donors (Lipinski definition) is 6. The maximum Gasteiger partial charge on any atom is 0.323 e. The fourth-order valence-electron chi connectivity index (χ4n) is 3.38. The number of hydrogen-bond acceptors (Lipinski definition) is 6. The van der Waals surface area contributed by atoms with Crippen LogP contribution in [0.25, 0.3) is 0 Å². The van der Waals surface area contributed by atoms with Gasteiger partial charge in [0, 0.05) is 12.8 Å². The summed E-state index contributed by atoms with van der Waals surface area (Å²) in [6, 6.07) is 15.5. The molecule has 0 aromatic heterocycles. The van der Waals surface area contributed by atoms with Crippen molar-refractivity contribution < 1.29 is 29.7 Å². The Bertz CT molecular complexity index is 1180. The number of rotatable bonds is 13. The number of allylic oxidation sites excluding steroid dienone is 2. The van der Waals surface area contributed by atoms with Crippen LogP contribution >= 0.6 is 0 Å². The molecule has 224 valence electrons. The van der Waals surface area contributed by atoms with E-state index >= 15 is 0 Å². The van der Waals surface area contributed by atoms with Crippen molar-refractivity contribution in [2.24, 2.45) is 17.2 Å². The summed E-state index contributed by atoms with van der Waals surface area (Å²) in [6.45, 7) is 15.2. The van der Waals surface area contributed by atoms with Gasteiger partial charge >= 0.3 is 17.9 Å². The monoisotopic (exact) mass is 567 g/mol. The molecular formula is C32H45N3O6. The van der Waals surface area contributed by atoms with Crippen molar-refractivity contribution in [3.63, 3.8) is 0 Å². The molecule has 2 aromatic carbocycles. The van der Waals surface area contributed by atoms with Crippen LogP contribution in [0.15, 0.2) is 86.5 Å². The molecule has 3 unspecified atom stereocenters. The normalized spacial score (nSPS) is 14.6. The first kappa shape index (κ1) is 37.0. The van der Waals surface area contributed by atoms with Gasteiger partial charge in [-0.2, -0.15) is 0 Å². The van der Waals surface area contributed by atoms with E-state index in [1.807, 2.05) is 60.7 Å². The van der Waals surface area contributed by atoms with E-state index in [1.165, 1.54) is 26.8 Å². The predicted octanol–water partition coefficient (Wildman–Crippen LogP) is 3.88. The van der Waals surface area contributed by atoms with Gasteiger partial charge in [-0.25, -0.2) is 0 Å². The molecular weight excluding hydrogens is 522 g/mol. The Morgan fingerprint density at radius 2 is 1.02 bits per heavy atom. The van der Waals surface area contributed by atoms with Gasteiger partial charge in [0.1, 0.15) is 16.6 Å². The van der Waals surface area contributed by atoms with E-state index in [2.05, 4.69) is 19.7 Å². The third-order valence-corrected chi connectivity index (χ3v) is 5.95. The fraction of sp³-hybridized carbons (Fsp3) is 0.344. The molecule has 9 nitrogen and oxygen atoms in total. The molecule has 41 heavy (non-hydrogen) atoms. The van der Waals surface area contributed by atoms with Gasteiger partial charge in [0.2, 0.25) is 0 Å². The summed E-state index contributed by atoms with van der Waals surface area (Å²) >= 11 is 0. The molecule has 0 saturated carbocycles. The Hall–Kier alpha value is -4.05. The summed E-state index contributed by atoms with van der Waals surface area (Å²) in [5.74, 6) is -2.97. The quantitative estimate of drug-likeness (QED) is 0.195. The molecule has 9 N–H and O–H groups in total. The number of aliphatic carboxylic acids is 3. The van der Waals surface area contributed by atoms with E-state index < -0.39 is 34.5 Å². The Morgan fingerprint density at radius 1 is 0.634 bits per heavy atom. The first-order chi connectivity index (χ1) is 18.9. The van der Waals surface area contributed by atoms with Crippen LogP contribution in [0.1, 0.15) is 49.4 Å². The number of carboxylic acids is 3. The summed E-state index contributed by atoms with van der Waals surface area (Å²) in [7, 11) is 0. The first-order valence-corrected chi connectivity index (χ1v) is 13.0. The highest BCUT2D eigenvalue weighted by atomic mass is 16.4. The molecule has 2 aromatic rings. The van der Waals surface area contributed by atoms with Crippen LogP contribution in [-0.2, 0) is 40.1 Å². The lowest BCUT2D eigenvalue weighted by atomic mass is 9.93. The van der Waals surface area contributed by atoms with Crippen LogP contribution in [0, 0.1) is 0 Å². The molecule has 0 amide bonds. The summed E-state index contributed by atoms with van der Waals surface area (Å²) in [6.07, 6.45) is 7.69. The van der Waals surface area contributed by atoms with Crippen molar-refractivity contribution >= 4 is 17.9 Å². The summed E-state index contributed by atoms with van der Waals surface area (Å²) in [5.41, 5.74) is 17.2. The van der Waals surface area contributed by atoms with Gasteiger partial charge < -0.3 is 32.5 Å². The molecule has 0 spiro atoms. The zero-order chi connectivity index (χ0) is 31.9. The van der Waals surface area contributed by atoms with Crippen molar-refractivity contribution in [2.45, 2.75) is 69.5 Å². The second-order valence-electron chi connectivity index (χ2n) is 10.6. The molecule has 0 bridgehead atoms. The molecule has 0 saturated heterocycles. The summed E-state index contributed by atoms with van der Waals surface area (Å²) in [5, 5.41) is 26.2. The number of nitrogens with two attached hydrogens (primary N) is 3. The molecule has 3 atom stereocenters. The van der Waals surface area contributed by atoms with Crippen LogP contribution in [0.5, 0.6) is 0 Å². The fourth-order valence-corrected chi connectivity index (χ4v) is 3.38. The standard InChI is InChI=1S/2C13H17NO2.C6H11NO2/c1-3-5-10-6-4-7-11(8-10)9-13(2,14)12(15)16;1-3-4-10-5-7-11(8-6-10)9-13(2,14)12(15)16;1-3-4-6(2,7)5(8)9/h3-4,6-8H,1,5,9,14H2,2H3,(H,15,16);3,5-8H,1,4,9,14H2,2H3,(H,15,16);3H,1,4,7H2,2H3,(H,8,9). The number of carbonyl (C=O) groups is 3. The van der Waals surface area contributed by atoms with E-state index in [9.17, 15) is 14.4 Å². The lowest BCUT2D eigenvalue weighted by molar-refractivity contribution is -0.143. The molecule has 0 aliphatic heterocycles. The Balaban J connectivity index is 0.000000612. The molecule has 0 radical (unpaired) electrons. The van der Waals surface area contributed by atoms with E-state index in [-0.39, 0.29) is 0 Å². The van der Waals surface area contributed by atoms with E-state index in [0.717, 1.165) is 35.1 Å². The Labute approximate surface area is 243 Å². The van der Waals surface area contributed by atoms with Gasteiger partial charge in [0.05, 0.1) is 0 Å². The largest absolute Gasteiger partial charge is 0.480 e. The smallest absolute Gasteiger partial charge is 0.323 e. The number of benzene rings is 2. The zero-order valence-electron chi connectivity index (χ0n) is 24.3. The van der Waals surface area contributed by atoms with Crippen LogP contribution in [0.4, 0.5) is 0 Å². The van der Waals surface area contributed by atoms with E-state index in [0.29, 0.717) is 19.3 Å². The van der Waals surface area contributed by atoms with Crippen molar-refractivity contribution in [3.8, 4) is 0 Å². The van der Waals surface area contributed by atoms with Gasteiger partial charge in [-0.05, 0) is 62.3 Å². The van der Waals surface area contributed by atoms with Gasteiger partial charge in [-0.3, -0.25) is 14.4 Å². The van der Waals surface area contributed by atoms with Crippen LogP contribution in [0.2, 0.25) is 0 Å². The summed E-state index contributed by atoms with van der Waals surface area (Å²) < 4.78 is 0. The highest BCUT2D eigenvalue weighted by molar-refractivity contribution is 5.79. The van der Waals surface area contributed by atoms with Crippen molar-refractivity contribution in [2.75, 3.05) is 0 Å². The third kappa shape index (κ3) is 14.2. The lowest BCUT2D eigenvalue weighted by Gasteiger charge is -2.19. The van der Waals surface area contributed by atoms with Crippen molar-refractivity contribution in [1.29, 1.82) is 0 Å². The van der Waals surface area contributed by atoms with Gasteiger partial charge in [0.15, 0.2) is 0 Å². The number of carboxylic acid groups (broad SMARTS) is 3. The van der Waals surface area contributed by atoms with Crippen molar-refractivity contribution in [3.05, 3.63) is 109 Å². The molecule has 0 aliphatic carbocycles. The third-order valence-electron chi connectivity index (χ3n) is 5.95. The van der Waals surface area contributed by atoms with E-state index in [4.69, 9.17) is 32.5 Å². The lowest BCUT2D eigenvalue weighted by Crippen LogP contribution is -2.46. The summed E-state index contributed by atoms with van der Waals surface area (Å²) in [4.78, 5) is 32.0.